The SMILES string of the molecule is OCC(O)CNCCC1CCC1. The summed E-state index contributed by atoms with van der Waals surface area (Å²) in [7, 11) is 0. The molecule has 0 aliphatic heterocycles. The lowest BCUT2D eigenvalue weighted by Crippen LogP contribution is -2.31. The third-order valence-corrected chi connectivity index (χ3v) is 2.54. The number of rotatable bonds is 6. The lowest BCUT2D eigenvalue weighted by atomic mass is 9.83. The Kier molecular flexibility index (Phi) is 4.58. The molecule has 0 spiro atoms. The molecule has 0 aromatic carbocycles. The molecule has 0 saturated heterocycles. The summed E-state index contributed by atoms with van der Waals surface area (Å²) in [5.41, 5.74) is 0. The fourth-order valence-electron chi connectivity index (χ4n) is 1.42. The molecule has 12 heavy (non-hydrogen) atoms. The second-order valence-corrected chi connectivity index (χ2v) is 3.63. The van der Waals surface area contributed by atoms with E-state index in [0.717, 1.165) is 12.5 Å². The maximum atomic E-state index is 8.98. The Morgan fingerprint density at radius 1 is 1.42 bits per heavy atom. The molecule has 72 valence electrons. The third-order valence-electron chi connectivity index (χ3n) is 2.54. The first-order valence-corrected chi connectivity index (χ1v) is 4.82. The standard InChI is InChI=1S/C9H19NO2/c11-7-9(12)6-10-5-4-8-2-1-3-8/h8-12H,1-7H2. The van der Waals surface area contributed by atoms with Crippen LogP contribution in [0.15, 0.2) is 0 Å². The van der Waals surface area contributed by atoms with Crippen molar-refractivity contribution in [2.75, 3.05) is 19.7 Å². The third kappa shape index (κ3) is 3.52. The molecule has 0 heterocycles. The van der Waals surface area contributed by atoms with Gasteiger partial charge in [-0.15, -0.1) is 0 Å². The Balaban J connectivity index is 1.82. The summed E-state index contributed by atoms with van der Waals surface area (Å²) in [4.78, 5) is 0. The molecule has 1 aliphatic carbocycles. The van der Waals surface area contributed by atoms with Gasteiger partial charge in [0.05, 0.1) is 12.7 Å². The highest BCUT2D eigenvalue weighted by atomic mass is 16.3. The normalized spacial score (nSPS) is 20.5. The van der Waals surface area contributed by atoms with Crippen molar-refractivity contribution in [1.29, 1.82) is 0 Å². The molecular weight excluding hydrogens is 154 g/mol. The number of aliphatic hydroxyl groups excluding tert-OH is 2. The van der Waals surface area contributed by atoms with Crippen molar-refractivity contribution in [2.45, 2.75) is 31.8 Å². The monoisotopic (exact) mass is 173 g/mol. The van der Waals surface area contributed by atoms with Crippen molar-refractivity contribution >= 4 is 0 Å². The van der Waals surface area contributed by atoms with Gasteiger partial charge in [-0.3, -0.25) is 0 Å². The predicted molar refractivity (Wildman–Crippen MR) is 47.9 cm³/mol. The minimum atomic E-state index is -0.591. The Morgan fingerprint density at radius 3 is 2.67 bits per heavy atom. The number of nitrogens with one attached hydrogen (secondary N) is 1. The van der Waals surface area contributed by atoms with Gasteiger partial charge in [-0.05, 0) is 18.9 Å². The van der Waals surface area contributed by atoms with Crippen molar-refractivity contribution in [2.24, 2.45) is 5.92 Å². The number of hydrogen-bond acceptors (Lipinski definition) is 3. The van der Waals surface area contributed by atoms with Crippen LogP contribution >= 0.6 is 0 Å². The second kappa shape index (κ2) is 5.51. The summed E-state index contributed by atoms with van der Waals surface area (Å²) in [5.74, 6) is 0.920. The summed E-state index contributed by atoms with van der Waals surface area (Å²) in [6.07, 6.45) is 4.78. The van der Waals surface area contributed by atoms with Gasteiger partial charge in [0.15, 0.2) is 0 Å². The van der Waals surface area contributed by atoms with Gasteiger partial charge in [0.1, 0.15) is 0 Å². The predicted octanol–water partition coefficient (Wildman–Crippen LogP) is 0.119. The van der Waals surface area contributed by atoms with Gasteiger partial charge < -0.3 is 15.5 Å². The quantitative estimate of drug-likeness (QED) is 0.500. The van der Waals surface area contributed by atoms with E-state index < -0.39 is 6.10 Å². The molecule has 1 rings (SSSR count). The van der Waals surface area contributed by atoms with Crippen LogP contribution in [0.3, 0.4) is 0 Å². The summed E-state index contributed by atoms with van der Waals surface area (Å²) in [5, 5.41) is 20.6. The first-order valence-electron chi connectivity index (χ1n) is 4.82. The minimum absolute atomic E-state index is 0.142. The van der Waals surface area contributed by atoms with Gasteiger partial charge in [-0.25, -0.2) is 0 Å². The van der Waals surface area contributed by atoms with E-state index in [-0.39, 0.29) is 6.61 Å². The van der Waals surface area contributed by atoms with Crippen LogP contribution in [0.25, 0.3) is 0 Å². The van der Waals surface area contributed by atoms with E-state index in [1.165, 1.54) is 25.7 Å². The Labute approximate surface area is 73.8 Å². The van der Waals surface area contributed by atoms with E-state index in [0.29, 0.717) is 6.54 Å². The van der Waals surface area contributed by atoms with Gasteiger partial charge in [-0.2, -0.15) is 0 Å². The molecule has 1 saturated carbocycles. The van der Waals surface area contributed by atoms with Crippen LogP contribution in [-0.4, -0.2) is 36.0 Å². The molecule has 3 N–H and O–H groups in total. The first-order chi connectivity index (χ1) is 5.83. The zero-order valence-corrected chi connectivity index (χ0v) is 7.50. The maximum Gasteiger partial charge on any atom is 0.0894 e. The van der Waals surface area contributed by atoms with Crippen molar-refractivity contribution in [1.82, 2.24) is 5.32 Å². The molecule has 1 atom stereocenters. The number of hydrogen-bond donors (Lipinski definition) is 3. The van der Waals surface area contributed by atoms with Gasteiger partial charge in [-0.1, -0.05) is 19.3 Å². The summed E-state index contributed by atoms with van der Waals surface area (Å²) < 4.78 is 0. The van der Waals surface area contributed by atoms with E-state index in [4.69, 9.17) is 10.2 Å². The topological polar surface area (TPSA) is 52.5 Å². The maximum absolute atomic E-state index is 8.98. The van der Waals surface area contributed by atoms with Gasteiger partial charge in [0.2, 0.25) is 0 Å². The largest absolute Gasteiger partial charge is 0.394 e. The highest BCUT2D eigenvalue weighted by Crippen LogP contribution is 2.28. The van der Waals surface area contributed by atoms with E-state index in [1.54, 1.807) is 0 Å². The average molecular weight is 173 g/mol. The van der Waals surface area contributed by atoms with E-state index >= 15 is 0 Å². The summed E-state index contributed by atoms with van der Waals surface area (Å²) in [6.45, 7) is 1.35. The Morgan fingerprint density at radius 2 is 2.17 bits per heavy atom. The first kappa shape index (κ1) is 9.96. The highest BCUT2D eigenvalue weighted by molar-refractivity contribution is 4.70. The van der Waals surface area contributed by atoms with E-state index in [2.05, 4.69) is 5.32 Å². The van der Waals surface area contributed by atoms with Crippen LogP contribution in [0.5, 0.6) is 0 Å². The number of aliphatic hydroxyl groups is 2. The zero-order valence-electron chi connectivity index (χ0n) is 7.50. The molecule has 0 aromatic heterocycles. The molecule has 0 amide bonds. The van der Waals surface area contributed by atoms with Crippen molar-refractivity contribution in [3.8, 4) is 0 Å². The van der Waals surface area contributed by atoms with E-state index in [9.17, 15) is 0 Å². The highest BCUT2D eigenvalue weighted by Gasteiger charge is 2.16. The van der Waals surface area contributed by atoms with Crippen molar-refractivity contribution < 1.29 is 10.2 Å². The minimum Gasteiger partial charge on any atom is -0.394 e. The van der Waals surface area contributed by atoms with Crippen LogP contribution in [0.4, 0.5) is 0 Å². The van der Waals surface area contributed by atoms with Gasteiger partial charge >= 0.3 is 0 Å². The van der Waals surface area contributed by atoms with Gasteiger partial charge in [0, 0.05) is 6.54 Å². The van der Waals surface area contributed by atoms with Crippen LogP contribution in [0.1, 0.15) is 25.7 Å². The lowest BCUT2D eigenvalue weighted by molar-refractivity contribution is 0.0938. The molecule has 0 bridgehead atoms. The summed E-state index contributed by atoms with van der Waals surface area (Å²) in [6, 6.07) is 0. The fraction of sp³-hybridized carbons (Fsp3) is 1.00. The molecule has 0 radical (unpaired) electrons. The van der Waals surface area contributed by atoms with Crippen molar-refractivity contribution in [3.05, 3.63) is 0 Å². The van der Waals surface area contributed by atoms with Gasteiger partial charge in [0.25, 0.3) is 0 Å². The fourth-order valence-corrected chi connectivity index (χ4v) is 1.42. The molecular formula is C9H19NO2. The molecule has 1 fully saturated rings. The molecule has 3 heteroatoms. The second-order valence-electron chi connectivity index (χ2n) is 3.63. The Bertz CT molecular complexity index is 108. The van der Waals surface area contributed by atoms with Crippen LogP contribution in [0.2, 0.25) is 0 Å². The Hall–Kier alpha value is -0.120. The van der Waals surface area contributed by atoms with Crippen LogP contribution in [-0.2, 0) is 0 Å². The molecule has 1 unspecified atom stereocenters. The smallest absolute Gasteiger partial charge is 0.0894 e. The molecule has 1 aliphatic rings. The molecule has 3 nitrogen and oxygen atoms in total. The molecule has 0 aromatic rings. The zero-order chi connectivity index (χ0) is 8.81. The summed E-state index contributed by atoms with van der Waals surface area (Å²) >= 11 is 0. The van der Waals surface area contributed by atoms with Crippen molar-refractivity contribution in [3.63, 3.8) is 0 Å². The van der Waals surface area contributed by atoms with Crippen LogP contribution in [0, 0.1) is 5.92 Å². The van der Waals surface area contributed by atoms with E-state index in [1.807, 2.05) is 0 Å². The van der Waals surface area contributed by atoms with Crippen LogP contribution < -0.4 is 5.32 Å². The lowest BCUT2D eigenvalue weighted by Gasteiger charge is -2.25. The average Bonchev–Trinajstić information content (AvgIpc) is 2.00.